The Bertz CT molecular complexity index is 1250. The molecular formula is C31H32N2O3. The maximum Gasteiger partial charge on any atom is 0.347 e. The van der Waals surface area contributed by atoms with Crippen molar-refractivity contribution in [2.45, 2.75) is 33.6 Å². The Kier molecular flexibility index (Phi) is 9.48. The smallest absolute Gasteiger partial charge is 0.347 e. The van der Waals surface area contributed by atoms with Crippen molar-refractivity contribution < 1.29 is 14.6 Å². The van der Waals surface area contributed by atoms with Crippen LogP contribution in [0.2, 0.25) is 0 Å². The maximum absolute atomic E-state index is 11.3. The monoisotopic (exact) mass is 480 g/mol. The molecule has 0 bridgehead atoms. The summed E-state index contributed by atoms with van der Waals surface area (Å²) in [5.74, 6) is -0.256. The standard InChI is InChI=1S/C31H32N2O3/c1-4-18-33(19-5-2)28-15-12-26(13-16-28)11-8-24-6-9-25(10-7-24)14-17-29-21-27(20-23(3)36-29)30(22-32)31(34)35/h6-17,20-21H,4-5,18-19H2,1-3H3,(H,34,35)/b11-8+,17-14+,30-27+. The molecule has 0 atom stereocenters. The fourth-order valence-electron chi connectivity index (χ4n) is 3.92. The van der Waals surface area contributed by atoms with Gasteiger partial charge in [0.05, 0.1) is 0 Å². The molecule has 1 N–H and O–H groups in total. The molecule has 1 aliphatic rings. The molecule has 0 saturated heterocycles. The zero-order valence-electron chi connectivity index (χ0n) is 21.1. The Morgan fingerprint density at radius 1 is 0.889 bits per heavy atom. The summed E-state index contributed by atoms with van der Waals surface area (Å²) in [5.41, 5.74) is 4.50. The van der Waals surface area contributed by atoms with Crippen LogP contribution in [-0.4, -0.2) is 24.2 Å². The predicted octanol–water partition coefficient (Wildman–Crippen LogP) is 7.22. The van der Waals surface area contributed by atoms with Gasteiger partial charge in [0.2, 0.25) is 0 Å². The van der Waals surface area contributed by atoms with Gasteiger partial charge in [0.1, 0.15) is 23.2 Å². The fourth-order valence-corrected chi connectivity index (χ4v) is 3.92. The summed E-state index contributed by atoms with van der Waals surface area (Å²) in [6, 6.07) is 18.5. The molecule has 0 aliphatic carbocycles. The number of carbonyl (C=O) groups is 1. The van der Waals surface area contributed by atoms with E-state index < -0.39 is 5.97 Å². The lowest BCUT2D eigenvalue weighted by atomic mass is 10.0. The van der Waals surface area contributed by atoms with Crippen molar-refractivity contribution >= 4 is 29.9 Å². The molecule has 0 spiro atoms. The van der Waals surface area contributed by atoms with Crippen LogP contribution in [0.4, 0.5) is 5.69 Å². The second-order valence-corrected chi connectivity index (χ2v) is 8.56. The first-order chi connectivity index (χ1) is 17.4. The van der Waals surface area contributed by atoms with Gasteiger partial charge < -0.3 is 14.7 Å². The highest BCUT2D eigenvalue weighted by atomic mass is 16.5. The lowest BCUT2D eigenvalue weighted by Gasteiger charge is -2.23. The first-order valence-electron chi connectivity index (χ1n) is 12.2. The Morgan fingerprint density at radius 2 is 1.39 bits per heavy atom. The van der Waals surface area contributed by atoms with Gasteiger partial charge in [-0.2, -0.15) is 5.26 Å². The summed E-state index contributed by atoms with van der Waals surface area (Å²) >= 11 is 0. The van der Waals surface area contributed by atoms with Crippen LogP contribution in [0, 0.1) is 11.3 Å². The topological polar surface area (TPSA) is 73.6 Å². The van der Waals surface area contributed by atoms with Crippen molar-refractivity contribution in [3.8, 4) is 6.07 Å². The summed E-state index contributed by atoms with van der Waals surface area (Å²) in [6.07, 6.45) is 13.2. The first-order valence-corrected chi connectivity index (χ1v) is 12.2. The number of aliphatic carboxylic acids is 1. The number of anilines is 1. The van der Waals surface area contributed by atoms with E-state index >= 15 is 0 Å². The van der Waals surface area contributed by atoms with E-state index in [-0.39, 0.29) is 5.57 Å². The lowest BCUT2D eigenvalue weighted by molar-refractivity contribution is -0.132. The van der Waals surface area contributed by atoms with Gasteiger partial charge in [0.25, 0.3) is 0 Å². The number of nitriles is 1. The summed E-state index contributed by atoms with van der Waals surface area (Å²) in [6.45, 7) is 8.29. The Labute approximate surface area is 213 Å². The number of allylic oxidation sites excluding steroid dienone is 5. The minimum Gasteiger partial charge on any atom is -0.477 e. The molecule has 0 aromatic heterocycles. The van der Waals surface area contributed by atoms with Gasteiger partial charge in [-0.3, -0.25) is 0 Å². The van der Waals surface area contributed by atoms with Gasteiger partial charge in [0, 0.05) is 24.4 Å². The highest BCUT2D eigenvalue weighted by molar-refractivity contribution is 5.93. The summed E-state index contributed by atoms with van der Waals surface area (Å²) < 4.78 is 5.66. The normalized spacial score (nSPS) is 14.7. The molecule has 3 rings (SSSR count). The van der Waals surface area contributed by atoms with E-state index in [4.69, 9.17) is 10.00 Å². The fraction of sp³-hybridized carbons (Fsp3) is 0.226. The van der Waals surface area contributed by atoms with Gasteiger partial charge >= 0.3 is 5.97 Å². The second-order valence-electron chi connectivity index (χ2n) is 8.56. The van der Waals surface area contributed by atoms with Crippen LogP contribution in [0.25, 0.3) is 18.2 Å². The molecule has 0 radical (unpaired) electrons. The SMILES string of the molecule is CCCN(CCC)c1ccc(/C=C/c2ccc(/C=C/C3=CC(=C(\C#N)C(=O)O)/C=C(C)O3)cc2)cc1. The zero-order valence-corrected chi connectivity index (χ0v) is 21.1. The van der Waals surface area contributed by atoms with E-state index in [1.165, 1.54) is 5.69 Å². The second kappa shape index (κ2) is 13.0. The number of hydrogen-bond acceptors (Lipinski definition) is 4. The number of benzene rings is 2. The molecule has 5 heteroatoms. The van der Waals surface area contributed by atoms with E-state index in [1.54, 1.807) is 31.2 Å². The Balaban J connectivity index is 1.67. The van der Waals surface area contributed by atoms with Crippen LogP contribution >= 0.6 is 0 Å². The number of rotatable bonds is 10. The van der Waals surface area contributed by atoms with Crippen molar-refractivity contribution in [1.29, 1.82) is 5.26 Å². The number of carboxylic acid groups (broad SMARTS) is 1. The highest BCUT2D eigenvalue weighted by Crippen LogP contribution is 2.23. The summed E-state index contributed by atoms with van der Waals surface area (Å²) in [7, 11) is 0. The maximum atomic E-state index is 11.3. The van der Waals surface area contributed by atoms with Crippen LogP contribution < -0.4 is 4.90 Å². The van der Waals surface area contributed by atoms with Crippen LogP contribution in [0.3, 0.4) is 0 Å². The average molecular weight is 481 g/mol. The third-order valence-electron chi connectivity index (χ3n) is 5.64. The molecule has 0 amide bonds. The average Bonchev–Trinajstić information content (AvgIpc) is 2.87. The van der Waals surface area contributed by atoms with Crippen molar-refractivity contribution in [2.24, 2.45) is 0 Å². The molecule has 36 heavy (non-hydrogen) atoms. The van der Waals surface area contributed by atoms with Crippen LogP contribution in [0.5, 0.6) is 0 Å². The Hall–Kier alpha value is -4.30. The van der Waals surface area contributed by atoms with Crippen molar-refractivity contribution in [3.05, 3.63) is 106 Å². The summed E-state index contributed by atoms with van der Waals surface area (Å²) in [4.78, 5) is 13.7. The summed E-state index contributed by atoms with van der Waals surface area (Å²) in [5, 5.41) is 18.3. The van der Waals surface area contributed by atoms with Gasteiger partial charge in [0.15, 0.2) is 0 Å². The van der Waals surface area contributed by atoms with Crippen molar-refractivity contribution in [3.63, 3.8) is 0 Å². The van der Waals surface area contributed by atoms with E-state index in [0.717, 1.165) is 42.6 Å². The van der Waals surface area contributed by atoms with Crippen molar-refractivity contribution in [2.75, 3.05) is 18.0 Å². The van der Waals surface area contributed by atoms with Crippen molar-refractivity contribution in [1.82, 2.24) is 0 Å². The van der Waals surface area contributed by atoms with Gasteiger partial charge in [-0.25, -0.2) is 4.79 Å². The molecule has 1 heterocycles. The van der Waals surface area contributed by atoms with Gasteiger partial charge in [-0.15, -0.1) is 0 Å². The number of carboxylic acids is 1. The number of nitrogens with zero attached hydrogens (tertiary/aromatic N) is 2. The molecule has 2 aromatic carbocycles. The van der Waals surface area contributed by atoms with Crippen LogP contribution in [0.15, 0.2) is 89.4 Å². The minimum absolute atomic E-state index is 0.312. The molecular weight excluding hydrogens is 448 g/mol. The predicted molar refractivity (Wildman–Crippen MR) is 147 cm³/mol. The Morgan fingerprint density at radius 3 is 1.86 bits per heavy atom. The highest BCUT2D eigenvalue weighted by Gasteiger charge is 2.15. The molecule has 0 unspecified atom stereocenters. The van der Waals surface area contributed by atoms with Gasteiger partial charge in [-0.05, 0) is 66.8 Å². The molecule has 0 fully saturated rings. The first kappa shape index (κ1) is 26.3. The molecule has 184 valence electrons. The molecule has 0 saturated carbocycles. The van der Waals surface area contributed by atoms with E-state index in [9.17, 15) is 9.90 Å². The minimum atomic E-state index is -1.26. The largest absolute Gasteiger partial charge is 0.477 e. The molecule has 5 nitrogen and oxygen atoms in total. The zero-order chi connectivity index (χ0) is 25.9. The van der Waals surface area contributed by atoms with E-state index in [2.05, 4.69) is 55.2 Å². The van der Waals surface area contributed by atoms with Gasteiger partial charge in [-0.1, -0.05) is 68.5 Å². The molecule has 1 aliphatic heterocycles. The third kappa shape index (κ3) is 7.35. The quantitative estimate of drug-likeness (QED) is 0.221. The number of hydrogen-bond donors (Lipinski definition) is 1. The third-order valence-corrected chi connectivity index (χ3v) is 5.64. The van der Waals surface area contributed by atoms with Crippen LogP contribution in [-0.2, 0) is 9.53 Å². The van der Waals surface area contributed by atoms with E-state index in [0.29, 0.717) is 17.1 Å². The molecule has 2 aromatic rings. The number of ether oxygens (including phenoxy) is 1. The lowest BCUT2D eigenvalue weighted by Crippen LogP contribution is -2.24. The van der Waals surface area contributed by atoms with Crippen LogP contribution in [0.1, 0.15) is 50.3 Å². The van der Waals surface area contributed by atoms with E-state index in [1.807, 2.05) is 30.3 Å².